The van der Waals surface area contributed by atoms with Crippen molar-refractivity contribution >= 4 is 17.2 Å². The summed E-state index contributed by atoms with van der Waals surface area (Å²) in [5.74, 6) is -2.06. The van der Waals surface area contributed by atoms with Gasteiger partial charge in [0.25, 0.3) is 5.91 Å². The molecular formula is C15H14F4N2OS. The number of thiazole rings is 1. The predicted octanol–water partition coefficient (Wildman–Crippen LogP) is 4.14. The summed E-state index contributed by atoms with van der Waals surface area (Å²) >= 11 is 1.42. The minimum Gasteiger partial charge on any atom is -0.351 e. The third kappa shape index (κ3) is 4.28. The fraction of sp³-hybridized carbons (Fsp3) is 0.333. The maximum atomic E-state index is 13.0. The number of alkyl halides is 3. The zero-order chi connectivity index (χ0) is 17.2. The molecule has 0 unspecified atom stereocenters. The molecule has 3 nitrogen and oxygen atoms in total. The van der Waals surface area contributed by atoms with Crippen molar-refractivity contribution in [2.75, 3.05) is 6.54 Å². The SMILES string of the molecule is Cc1csc([C@@H](C)CNC(=O)c2ccc(F)cc2C(F)(F)F)n1. The fourth-order valence-electron chi connectivity index (χ4n) is 1.98. The van der Waals surface area contributed by atoms with Crippen LogP contribution in [0.1, 0.15) is 39.5 Å². The molecule has 0 aliphatic carbocycles. The maximum absolute atomic E-state index is 13.0. The quantitative estimate of drug-likeness (QED) is 0.846. The second-order valence-electron chi connectivity index (χ2n) is 5.13. The Hall–Kier alpha value is -1.96. The highest BCUT2D eigenvalue weighted by molar-refractivity contribution is 7.09. The van der Waals surface area contributed by atoms with Crippen LogP contribution < -0.4 is 5.32 Å². The molecule has 0 saturated heterocycles. The second-order valence-corrected chi connectivity index (χ2v) is 6.02. The van der Waals surface area contributed by atoms with Crippen LogP contribution in [0.4, 0.5) is 17.6 Å². The number of rotatable bonds is 4. The summed E-state index contributed by atoms with van der Waals surface area (Å²) < 4.78 is 51.7. The van der Waals surface area contributed by atoms with Gasteiger partial charge in [0.15, 0.2) is 0 Å². The Bertz CT molecular complexity index is 712. The van der Waals surface area contributed by atoms with Gasteiger partial charge in [0.05, 0.1) is 16.1 Å². The summed E-state index contributed by atoms with van der Waals surface area (Å²) in [4.78, 5) is 16.3. The largest absolute Gasteiger partial charge is 0.417 e. The first-order valence-corrected chi connectivity index (χ1v) is 7.63. The van der Waals surface area contributed by atoms with Crippen molar-refractivity contribution in [1.29, 1.82) is 0 Å². The molecule has 0 bridgehead atoms. The molecule has 0 saturated carbocycles. The number of carbonyl (C=O) groups excluding carboxylic acids is 1. The van der Waals surface area contributed by atoms with Crippen LogP contribution in [-0.2, 0) is 6.18 Å². The normalized spacial score (nSPS) is 13.0. The molecule has 1 atom stereocenters. The summed E-state index contributed by atoms with van der Waals surface area (Å²) in [6.45, 7) is 3.79. The van der Waals surface area contributed by atoms with Gasteiger partial charge in [-0.15, -0.1) is 11.3 Å². The molecule has 0 radical (unpaired) electrons. The van der Waals surface area contributed by atoms with Crippen molar-refractivity contribution in [3.63, 3.8) is 0 Å². The molecule has 1 aromatic carbocycles. The van der Waals surface area contributed by atoms with E-state index in [2.05, 4.69) is 10.3 Å². The van der Waals surface area contributed by atoms with Gasteiger partial charge in [-0.2, -0.15) is 13.2 Å². The highest BCUT2D eigenvalue weighted by Crippen LogP contribution is 2.32. The number of hydrogen-bond donors (Lipinski definition) is 1. The summed E-state index contributed by atoms with van der Waals surface area (Å²) in [5, 5.41) is 5.09. The van der Waals surface area contributed by atoms with Crippen molar-refractivity contribution < 1.29 is 22.4 Å². The first-order valence-electron chi connectivity index (χ1n) is 6.75. The van der Waals surface area contributed by atoms with E-state index in [0.717, 1.165) is 22.8 Å². The first kappa shape index (κ1) is 17.4. The third-order valence-electron chi connectivity index (χ3n) is 3.16. The number of benzene rings is 1. The van der Waals surface area contributed by atoms with E-state index in [1.54, 1.807) is 0 Å². The Labute approximate surface area is 134 Å². The van der Waals surface area contributed by atoms with Crippen molar-refractivity contribution in [3.05, 3.63) is 51.2 Å². The van der Waals surface area contributed by atoms with E-state index in [4.69, 9.17) is 0 Å². The van der Waals surface area contributed by atoms with E-state index in [1.807, 2.05) is 19.2 Å². The number of nitrogens with one attached hydrogen (secondary N) is 1. The van der Waals surface area contributed by atoms with Crippen LogP contribution in [0, 0.1) is 12.7 Å². The van der Waals surface area contributed by atoms with Gasteiger partial charge < -0.3 is 5.32 Å². The number of carbonyl (C=O) groups is 1. The predicted molar refractivity (Wildman–Crippen MR) is 79.0 cm³/mol. The van der Waals surface area contributed by atoms with Gasteiger partial charge in [-0.25, -0.2) is 9.37 Å². The van der Waals surface area contributed by atoms with E-state index in [-0.39, 0.29) is 12.5 Å². The van der Waals surface area contributed by atoms with Crippen LogP contribution in [0.25, 0.3) is 0 Å². The van der Waals surface area contributed by atoms with E-state index >= 15 is 0 Å². The molecule has 1 amide bonds. The third-order valence-corrected chi connectivity index (χ3v) is 4.35. The molecule has 23 heavy (non-hydrogen) atoms. The number of amides is 1. The van der Waals surface area contributed by atoms with E-state index in [9.17, 15) is 22.4 Å². The van der Waals surface area contributed by atoms with E-state index < -0.39 is 29.0 Å². The van der Waals surface area contributed by atoms with Gasteiger partial charge in [0.2, 0.25) is 0 Å². The van der Waals surface area contributed by atoms with Gasteiger partial charge in [-0.3, -0.25) is 4.79 Å². The smallest absolute Gasteiger partial charge is 0.351 e. The van der Waals surface area contributed by atoms with E-state index in [1.165, 1.54) is 11.3 Å². The van der Waals surface area contributed by atoms with Crippen LogP contribution in [0.2, 0.25) is 0 Å². The van der Waals surface area contributed by atoms with Crippen molar-refractivity contribution in [2.45, 2.75) is 25.9 Å². The lowest BCUT2D eigenvalue weighted by Gasteiger charge is -2.14. The number of nitrogens with zero attached hydrogens (tertiary/aromatic N) is 1. The van der Waals surface area contributed by atoms with Crippen LogP contribution >= 0.6 is 11.3 Å². The van der Waals surface area contributed by atoms with Crippen molar-refractivity contribution in [2.24, 2.45) is 0 Å². The zero-order valence-electron chi connectivity index (χ0n) is 12.4. The number of halogens is 4. The number of aryl methyl sites for hydroxylation is 1. The summed E-state index contributed by atoms with van der Waals surface area (Å²) in [5.41, 5.74) is -1.03. The molecule has 0 fully saturated rings. The van der Waals surface area contributed by atoms with Gasteiger partial charge in [0.1, 0.15) is 5.82 Å². The van der Waals surface area contributed by atoms with Crippen molar-refractivity contribution in [3.8, 4) is 0 Å². The summed E-state index contributed by atoms with van der Waals surface area (Å²) in [6.07, 6.45) is -4.80. The monoisotopic (exact) mass is 346 g/mol. The van der Waals surface area contributed by atoms with E-state index in [0.29, 0.717) is 6.07 Å². The van der Waals surface area contributed by atoms with Gasteiger partial charge in [0, 0.05) is 23.5 Å². The van der Waals surface area contributed by atoms with Crippen LogP contribution in [0.15, 0.2) is 23.6 Å². The maximum Gasteiger partial charge on any atom is 0.417 e. The molecule has 1 aromatic heterocycles. The molecule has 8 heteroatoms. The van der Waals surface area contributed by atoms with Crippen LogP contribution in [0.3, 0.4) is 0 Å². The number of aromatic nitrogens is 1. The Morgan fingerprint density at radius 1 is 1.39 bits per heavy atom. The summed E-state index contributed by atoms with van der Waals surface area (Å²) in [6, 6.07) is 1.99. The molecule has 1 heterocycles. The van der Waals surface area contributed by atoms with Gasteiger partial charge in [-0.05, 0) is 25.1 Å². The topological polar surface area (TPSA) is 42.0 Å². The molecule has 1 N–H and O–H groups in total. The number of hydrogen-bond acceptors (Lipinski definition) is 3. The Morgan fingerprint density at radius 3 is 2.65 bits per heavy atom. The van der Waals surface area contributed by atoms with Crippen LogP contribution in [0.5, 0.6) is 0 Å². The highest BCUT2D eigenvalue weighted by Gasteiger charge is 2.35. The summed E-state index contributed by atoms with van der Waals surface area (Å²) in [7, 11) is 0. The second kappa shape index (κ2) is 6.66. The lowest BCUT2D eigenvalue weighted by Crippen LogP contribution is -2.29. The Kier molecular flexibility index (Phi) is 5.03. The molecular weight excluding hydrogens is 332 g/mol. The molecule has 2 aromatic rings. The zero-order valence-corrected chi connectivity index (χ0v) is 13.2. The van der Waals surface area contributed by atoms with Crippen LogP contribution in [-0.4, -0.2) is 17.4 Å². The lowest BCUT2D eigenvalue weighted by atomic mass is 10.1. The van der Waals surface area contributed by atoms with Gasteiger partial charge in [-0.1, -0.05) is 6.92 Å². The van der Waals surface area contributed by atoms with Crippen molar-refractivity contribution in [1.82, 2.24) is 10.3 Å². The standard InChI is InChI=1S/C15H14F4N2OS/c1-8(14-21-9(2)7-23-14)6-20-13(22)11-4-3-10(16)5-12(11)15(17,18)19/h3-5,7-8H,6H2,1-2H3,(H,20,22)/t8-/m0/s1. The molecule has 0 aliphatic rings. The Morgan fingerprint density at radius 2 is 2.09 bits per heavy atom. The molecule has 124 valence electrons. The van der Waals surface area contributed by atoms with Gasteiger partial charge >= 0.3 is 6.18 Å². The molecule has 0 spiro atoms. The average molecular weight is 346 g/mol. The minimum absolute atomic E-state index is 0.132. The lowest BCUT2D eigenvalue weighted by molar-refractivity contribution is -0.138. The molecule has 2 rings (SSSR count). The fourth-order valence-corrected chi connectivity index (χ4v) is 2.83. The highest BCUT2D eigenvalue weighted by atomic mass is 32.1. The first-order chi connectivity index (χ1) is 10.7. The average Bonchev–Trinajstić information content (AvgIpc) is 2.90. The Balaban J connectivity index is 2.12. The molecule has 0 aliphatic heterocycles. The minimum atomic E-state index is -4.80.